The number of cyclic esters (lactones) is 1. The zero-order valence-electron chi connectivity index (χ0n) is 14.9. The van der Waals surface area contributed by atoms with Crippen molar-refractivity contribution in [3.63, 3.8) is 0 Å². The van der Waals surface area contributed by atoms with Gasteiger partial charge in [-0.1, -0.05) is 0 Å². The smallest absolute Gasteiger partial charge is 0.414 e. The Morgan fingerprint density at radius 2 is 2.04 bits per heavy atom. The molecule has 0 radical (unpaired) electrons. The molecule has 26 heavy (non-hydrogen) atoms. The summed E-state index contributed by atoms with van der Waals surface area (Å²) >= 11 is 0. The number of ether oxygens (including phenoxy) is 1. The molecule has 0 aromatic heterocycles. The van der Waals surface area contributed by atoms with Gasteiger partial charge in [-0.15, -0.1) is 0 Å². The summed E-state index contributed by atoms with van der Waals surface area (Å²) in [5.41, 5.74) is 1.05. The Balaban J connectivity index is 1.42. The maximum atomic E-state index is 14.7. The summed E-state index contributed by atoms with van der Waals surface area (Å²) in [6.45, 7) is 3.66. The summed E-state index contributed by atoms with van der Waals surface area (Å²) in [6, 6.07) is 5.43. The van der Waals surface area contributed by atoms with E-state index < -0.39 is 12.2 Å². The number of halogens is 1. The van der Waals surface area contributed by atoms with Crippen LogP contribution in [0.15, 0.2) is 18.2 Å². The molecular weight excluding hydrogens is 339 g/mol. The third-order valence-electron chi connectivity index (χ3n) is 5.56. The van der Waals surface area contributed by atoms with Gasteiger partial charge in [0, 0.05) is 26.1 Å². The summed E-state index contributed by atoms with van der Waals surface area (Å²) in [5, 5.41) is 5.92. The van der Waals surface area contributed by atoms with E-state index in [4.69, 9.17) is 4.74 Å². The van der Waals surface area contributed by atoms with Gasteiger partial charge in [0.25, 0.3) is 0 Å². The number of anilines is 2. The average molecular weight is 362 g/mol. The molecule has 2 aliphatic heterocycles. The number of carbonyl (C=O) groups excluding carboxylic acids is 2. The van der Waals surface area contributed by atoms with Crippen molar-refractivity contribution in [2.45, 2.75) is 19.1 Å². The van der Waals surface area contributed by atoms with Crippen LogP contribution in [-0.4, -0.2) is 57.4 Å². The first kappa shape index (κ1) is 17.1. The number of rotatable bonds is 5. The van der Waals surface area contributed by atoms with Crippen molar-refractivity contribution in [2.24, 2.45) is 11.8 Å². The van der Waals surface area contributed by atoms with Gasteiger partial charge >= 0.3 is 6.09 Å². The van der Waals surface area contributed by atoms with Crippen molar-refractivity contribution in [1.29, 1.82) is 0 Å². The highest BCUT2D eigenvalue weighted by Gasteiger charge is 2.55. The molecule has 4 rings (SSSR count). The Labute approximate surface area is 151 Å². The molecule has 1 aromatic carbocycles. The Hall–Kier alpha value is -2.35. The molecule has 2 saturated heterocycles. The van der Waals surface area contributed by atoms with Crippen LogP contribution in [0.25, 0.3) is 0 Å². The Morgan fingerprint density at radius 1 is 1.31 bits per heavy atom. The van der Waals surface area contributed by atoms with Gasteiger partial charge in [-0.3, -0.25) is 9.69 Å². The number of carbonyl (C=O) groups is 2. The van der Waals surface area contributed by atoms with Gasteiger partial charge in [0.05, 0.1) is 24.5 Å². The van der Waals surface area contributed by atoms with Crippen LogP contribution in [0.4, 0.5) is 20.6 Å². The van der Waals surface area contributed by atoms with E-state index in [9.17, 15) is 14.0 Å². The van der Waals surface area contributed by atoms with Gasteiger partial charge in [-0.05, 0) is 37.1 Å². The van der Waals surface area contributed by atoms with E-state index in [1.165, 1.54) is 17.9 Å². The van der Waals surface area contributed by atoms with Crippen molar-refractivity contribution < 1.29 is 18.7 Å². The van der Waals surface area contributed by atoms with E-state index in [0.717, 1.165) is 13.1 Å². The maximum Gasteiger partial charge on any atom is 0.414 e. The Bertz CT molecular complexity index is 731. The highest BCUT2D eigenvalue weighted by atomic mass is 19.1. The minimum absolute atomic E-state index is 0.181. The largest absolute Gasteiger partial charge is 0.442 e. The molecule has 140 valence electrons. The first-order valence-corrected chi connectivity index (χ1v) is 8.92. The third kappa shape index (κ3) is 2.98. The molecule has 4 atom stereocenters. The van der Waals surface area contributed by atoms with E-state index in [0.29, 0.717) is 29.3 Å². The van der Waals surface area contributed by atoms with Crippen LogP contribution >= 0.6 is 0 Å². The molecule has 2 amide bonds. The summed E-state index contributed by atoms with van der Waals surface area (Å²) in [5.74, 6) is 0.686. The van der Waals surface area contributed by atoms with E-state index in [1.54, 1.807) is 12.1 Å². The molecular formula is C18H23FN4O3. The van der Waals surface area contributed by atoms with E-state index in [1.807, 2.05) is 7.05 Å². The van der Waals surface area contributed by atoms with Crippen molar-refractivity contribution in [3.8, 4) is 0 Å². The molecule has 3 aliphatic rings. The fourth-order valence-corrected chi connectivity index (χ4v) is 4.17. The molecule has 2 N–H and O–H groups in total. The maximum absolute atomic E-state index is 14.7. The van der Waals surface area contributed by atoms with Gasteiger partial charge in [0.1, 0.15) is 11.9 Å². The topological polar surface area (TPSA) is 73.9 Å². The van der Waals surface area contributed by atoms with Crippen LogP contribution in [0.5, 0.6) is 0 Å². The van der Waals surface area contributed by atoms with Crippen molar-refractivity contribution in [2.75, 3.05) is 43.0 Å². The second kappa shape index (κ2) is 6.42. The van der Waals surface area contributed by atoms with Crippen LogP contribution in [-0.2, 0) is 9.53 Å². The van der Waals surface area contributed by atoms with Gasteiger partial charge in [-0.25, -0.2) is 9.18 Å². The number of amides is 2. The minimum atomic E-state index is -0.521. The molecule has 3 fully saturated rings. The first-order valence-electron chi connectivity index (χ1n) is 8.92. The summed E-state index contributed by atoms with van der Waals surface area (Å²) in [6.07, 6.45) is -0.954. The molecule has 1 saturated carbocycles. The van der Waals surface area contributed by atoms with Gasteiger partial charge < -0.3 is 20.3 Å². The minimum Gasteiger partial charge on any atom is -0.442 e. The predicted molar refractivity (Wildman–Crippen MR) is 94.7 cm³/mol. The lowest BCUT2D eigenvalue weighted by Gasteiger charge is -2.23. The number of hydrogen-bond donors (Lipinski definition) is 2. The molecule has 2 heterocycles. The number of fused-ring (bicyclic) bond motifs is 1. The van der Waals surface area contributed by atoms with Crippen LogP contribution in [0.3, 0.4) is 0 Å². The highest BCUT2D eigenvalue weighted by Crippen LogP contribution is 2.47. The molecule has 1 aromatic rings. The SMILES string of the molecule is CN[C@H]1[C@@H]2CN(c3ccc(N4C[C@H](CNC(C)=O)OC4=O)cc3F)C[C@@H]21. The molecule has 1 aliphatic carbocycles. The van der Waals surface area contributed by atoms with Crippen LogP contribution in [0.2, 0.25) is 0 Å². The lowest BCUT2D eigenvalue weighted by atomic mass is 10.2. The lowest BCUT2D eigenvalue weighted by Crippen LogP contribution is -2.33. The number of nitrogens with zero attached hydrogens (tertiary/aromatic N) is 2. The fraction of sp³-hybridized carbons (Fsp3) is 0.556. The third-order valence-corrected chi connectivity index (χ3v) is 5.56. The second-order valence-corrected chi connectivity index (χ2v) is 7.24. The predicted octanol–water partition coefficient (Wildman–Crippen LogP) is 0.941. The molecule has 7 nitrogen and oxygen atoms in total. The molecule has 0 spiro atoms. The summed E-state index contributed by atoms with van der Waals surface area (Å²) < 4.78 is 19.9. The molecule has 0 bridgehead atoms. The van der Waals surface area contributed by atoms with Crippen molar-refractivity contribution in [1.82, 2.24) is 10.6 Å². The van der Waals surface area contributed by atoms with Crippen LogP contribution < -0.4 is 20.4 Å². The van der Waals surface area contributed by atoms with Gasteiger partial charge in [0.2, 0.25) is 5.91 Å². The molecule has 8 heteroatoms. The van der Waals surface area contributed by atoms with Crippen molar-refractivity contribution >= 4 is 23.4 Å². The van der Waals surface area contributed by atoms with E-state index >= 15 is 0 Å². The Morgan fingerprint density at radius 3 is 2.65 bits per heavy atom. The fourth-order valence-electron chi connectivity index (χ4n) is 4.17. The van der Waals surface area contributed by atoms with Crippen molar-refractivity contribution in [3.05, 3.63) is 24.0 Å². The average Bonchev–Trinajstić information content (AvgIpc) is 2.93. The quantitative estimate of drug-likeness (QED) is 0.816. The lowest BCUT2D eigenvalue weighted by molar-refractivity contribution is -0.119. The number of benzene rings is 1. The highest BCUT2D eigenvalue weighted by molar-refractivity contribution is 5.90. The zero-order chi connectivity index (χ0) is 18.4. The van der Waals surface area contributed by atoms with Crippen LogP contribution in [0, 0.1) is 17.7 Å². The first-order chi connectivity index (χ1) is 12.5. The second-order valence-electron chi connectivity index (χ2n) is 7.24. The standard InChI is InChI=1S/C18H23FN4O3/c1-10(24)21-6-12-7-23(18(25)26-12)11-3-4-16(15(19)5-11)22-8-13-14(9-22)17(13)20-2/h3-5,12-14,17,20H,6-9H2,1-2H3,(H,21,24)/t12-,13-,14+,17+/m0/s1. The number of nitrogens with one attached hydrogen (secondary N) is 2. The number of hydrogen-bond acceptors (Lipinski definition) is 5. The zero-order valence-corrected chi connectivity index (χ0v) is 14.9. The molecule has 0 unspecified atom stereocenters. The number of piperidine rings is 1. The van der Waals surface area contributed by atoms with E-state index in [2.05, 4.69) is 15.5 Å². The Kier molecular flexibility index (Phi) is 4.22. The van der Waals surface area contributed by atoms with E-state index in [-0.39, 0.29) is 24.8 Å². The normalized spacial score (nSPS) is 29.6. The van der Waals surface area contributed by atoms with Gasteiger partial charge in [-0.2, -0.15) is 0 Å². The van der Waals surface area contributed by atoms with Gasteiger partial charge in [0.15, 0.2) is 0 Å². The monoisotopic (exact) mass is 362 g/mol. The summed E-state index contributed by atoms with van der Waals surface area (Å²) in [4.78, 5) is 26.5. The van der Waals surface area contributed by atoms with Crippen LogP contribution in [0.1, 0.15) is 6.92 Å². The summed E-state index contributed by atoms with van der Waals surface area (Å²) in [7, 11) is 1.97.